The maximum absolute atomic E-state index is 12.3. The lowest BCUT2D eigenvalue weighted by molar-refractivity contribution is 0.1000. The summed E-state index contributed by atoms with van der Waals surface area (Å²) < 4.78 is 10.9. The molecule has 0 radical (unpaired) electrons. The number of carbonyl (C=O) groups excluding carboxylic acids is 1. The van der Waals surface area contributed by atoms with Gasteiger partial charge < -0.3 is 20.2 Å². The molecular formula is C17H16N2O3. The Morgan fingerprint density at radius 3 is 2.59 bits per heavy atom. The van der Waals surface area contributed by atoms with Crippen LogP contribution in [0.3, 0.4) is 0 Å². The maximum Gasteiger partial charge on any atom is 0.293 e. The molecule has 0 spiro atoms. The molecule has 0 atom stereocenters. The molecule has 5 heteroatoms. The van der Waals surface area contributed by atoms with Crippen molar-refractivity contribution in [2.45, 2.75) is 6.92 Å². The topological polar surface area (TPSA) is 77.5 Å². The predicted molar refractivity (Wildman–Crippen MR) is 86.2 cm³/mol. The highest BCUT2D eigenvalue weighted by Crippen LogP contribution is 2.28. The molecule has 2 aromatic carbocycles. The number of carbonyl (C=O) groups is 1. The van der Waals surface area contributed by atoms with E-state index < -0.39 is 0 Å². The van der Waals surface area contributed by atoms with Gasteiger partial charge in [0.1, 0.15) is 11.3 Å². The van der Waals surface area contributed by atoms with Crippen molar-refractivity contribution < 1.29 is 13.9 Å². The highest BCUT2D eigenvalue weighted by molar-refractivity contribution is 6.10. The Bertz CT molecular complexity index is 806. The van der Waals surface area contributed by atoms with Crippen LogP contribution in [0.15, 0.2) is 52.9 Å². The zero-order valence-corrected chi connectivity index (χ0v) is 12.1. The second kappa shape index (κ2) is 5.81. The number of hydrogen-bond donors (Lipinski definition) is 2. The highest BCUT2D eigenvalue weighted by atomic mass is 16.5. The SMILES string of the molecule is CCOc1ccc(NC(=O)c2oc3ccccc3c2N)cc1. The Kier molecular flexibility index (Phi) is 3.70. The van der Waals surface area contributed by atoms with Gasteiger partial charge in [-0.2, -0.15) is 0 Å². The first-order valence-electron chi connectivity index (χ1n) is 7.00. The fraction of sp³-hybridized carbons (Fsp3) is 0.118. The van der Waals surface area contributed by atoms with Crippen LogP contribution < -0.4 is 15.8 Å². The second-order valence-corrected chi connectivity index (χ2v) is 4.75. The van der Waals surface area contributed by atoms with Gasteiger partial charge in [-0.25, -0.2) is 0 Å². The van der Waals surface area contributed by atoms with Crippen molar-refractivity contribution in [3.8, 4) is 5.75 Å². The number of nitrogen functional groups attached to an aromatic ring is 1. The summed E-state index contributed by atoms with van der Waals surface area (Å²) in [5.74, 6) is 0.497. The molecule has 0 aliphatic rings. The first kappa shape index (κ1) is 14.0. The number of rotatable bonds is 4. The summed E-state index contributed by atoms with van der Waals surface area (Å²) in [4.78, 5) is 12.3. The number of hydrogen-bond acceptors (Lipinski definition) is 4. The van der Waals surface area contributed by atoms with Crippen LogP contribution in [0, 0.1) is 0 Å². The highest BCUT2D eigenvalue weighted by Gasteiger charge is 2.18. The van der Waals surface area contributed by atoms with Gasteiger partial charge in [0.05, 0.1) is 12.3 Å². The molecule has 0 saturated carbocycles. The van der Waals surface area contributed by atoms with E-state index in [-0.39, 0.29) is 11.7 Å². The van der Waals surface area contributed by atoms with Gasteiger partial charge >= 0.3 is 0 Å². The Balaban J connectivity index is 1.82. The van der Waals surface area contributed by atoms with Crippen LogP contribution in [0.2, 0.25) is 0 Å². The first-order chi connectivity index (χ1) is 10.7. The zero-order chi connectivity index (χ0) is 15.5. The average molecular weight is 296 g/mol. The van der Waals surface area contributed by atoms with E-state index in [0.717, 1.165) is 11.1 Å². The van der Waals surface area contributed by atoms with Crippen LogP contribution in [0.1, 0.15) is 17.5 Å². The lowest BCUT2D eigenvalue weighted by atomic mass is 10.2. The van der Waals surface area contributed by atoms with E-state index in [4.69, 9.17) is 14.9 Å². The van der Waals surface area contributed by atoms with Gasteiger partial charge in [-0.15, -0.1) is 0 Å². The molecule has 0 unspecified atom stereocenters. The van der Waals surface area contributed by atoms with Crippen molar-refractivity contribution >= 4 is 28.3 Å². The number of furan rings is 1. The van der Waals surface area contributed by atoms with Gasteiger partial charge in [-0.05, 0) is 43.3 Å². The summed E-state index contributed by atoms with van der Waals surface area (Å²) in [7, 11) is 0. The van der Waals surface area contributed by atoms with E-state index in [0.29, 0.717) is 23.6 Å². The molecular weight excluding hydrogens is 280 g/mol. The minimum atomic E-state index is -0.377. The lowest BCUT2D eigenvalue weighted by Gasteiger charge is -2.06. The maximum atomic E-state index is 12.3. The fourth-order valence-corrected chi connectivity index (χ4v) is 2.22. The molecule has 0 bridgehead atoms. The zero-order valence-electron chi connectivity index (χ0n) is 12.1. The number of amides is 1. The van der Waals surface area contributed by atoms with Gasteiger partial charge in [0.15, 0.2) is 0 Å². The average Bonchev–Trinajstić information content (AvgIpc) is 2.87. The van der Waals surface area contributed by atoms with Gasteiger partial charge in [0, 0.05) is 11.1 Å². The van der Waals surface area contributed by atoms with Gasteiger partial charge in [-0.1, -0.05) is 12.1 Å². The predicted octanol–water partition coefficient (Wildman–Crippen LogP) is 3.67. The number of para-hydroxylation sites is 1. The standard InChI is InChI=1S/C17H16N2O3/c1-2-21-12-9-7-11(8-10-12)19-17(20)16-15(18)13-5-3-4-6-14(13)22-16/h3-10H,2,18H2,1H3,(H,19,20). The minimum Gasteiger partial charge on any atom is -0.494 e. The molecule has 1 amide bonds. The van der Waals surface area contributed by atoms with Crippen molar-refractivity contribution in [2.24, 2.45) is 0 Å². The normalized spacial score (nSPS) is 10.6. The van der Waals surface area contributed by atoms with E-state index in [1.807, 2.05) is 25.1 Å². The summed E-state index contributed by atoms with van der Waals surface area (Å²) >= 11 is 0. The number of nitrogens with two attached hydrogens (primary N) is 1. The third kappa shape index (κ3) is 2.61. The molecule has 0 aliphatic carbocycles. The summed E-state index contributed by atoms with van der Waals surface area (Å²) in [5.41, 5.74) is 7.57. The summed E-state index contributed by atoms with van der Waals surface area (Å²) in [6.07, 6.45) is 0. The lowest BCUT2D eigenvalue weighted by Crippen LogP contribution is -2.12. The van der Waals surface area contributed by atoms with Crippen molar-refractivity contribution in [2.75, 3.05) is 17.7 Å². The molecule has 0 aliphatic heterocycles. The Labute approximate surface area is 127 Å². The molecule has 3 aromatic rings. The minimum absolute atomic E-state index is 0.120. The number of benzene rings is 2. The smallest absolute Gasteiger partial charge is 0.293 e. The molecule has 3 N–H and O–H groups in total. The van der Waals surface area contributed by atoms with Crippen LogP contribution in [-0.4, -0.2) is 12.5 Å². The molecule has 1 aromatic heterocycles. The largest absolute Gasteiger partial charge is 0.494 e. The van der Waals surface area contributed by atoms with E-state index >= 15 is 0 Å². The van der Waals surface area contributed by atoms with E-state index in [9.17, 15) is 4.79 Å². The molecule has 5 nitrogen and oxygen atoms in total. The van der Waals surface area contributed by atoms with Crippen molar-refractivity contribution in [1.82, 2.24) is 0 Å². The first-order valence-corrected chi connectivity index (χ1v) is 7.00. The molecule has 0 fully saturated rings. The van der Waals surface area contributed by atoms with E-state index in [1.165, 1.54) is 0 Å². The molecule has 1 heterocycles. The van der Waals surface area contributed by atoms with Crippen LogP contribution in [0.5, 0.6) is 5.75 Å². The fourth-order valence-electron chi connectivity index (χ4n) is 2.22. The van der Waals surface area contributed by atoms with Crippen LogP contribution in [0.25, 0.3) is 11.0 Å². The van der Waals surface area contributed by atoms with Crippen molar-refractivity contribution in [1.29, 1.82) is 0 Å². The van der Waals surface area contributed by atoms with E-state index in [1.54, 1.807) is 30.3 Å². The Morgan fingerprint density at radius 1 is 1.18 bits per heavy atom. The quantitative estimate of drug-likeness (QED) is 0.770. The summed E-state index contributed by atoms with van der Waals surface area (Å²) in [6.45, 7) is 2.52. The Hall–Kier alpha value is -2.95. The number of ether oxygens (including phenoxy) is 1. The summed E-state index contributed by atoms with van der Waals surface area (Å²) in [5, 5.41) is 3.50. The third-order valence-electron chi connectivity index (χ3n) is 3.26. The second-order valence-electron chi connectivity index (χ2n) is 4.75. The number of anilines is 2. The number of fused-ring (bicyclic) bond motifs is 1. The van der Waals surface area contributed by atoms with Crippen molar-refractivity contribution in [3.63, 3.8) is 0 Å². The molecule has 3 rings (SSSR count). The monoisotopic (exact) mass is 296 g/mol. The van der Waals surface area contributed by atoms with Crippen LogP contribution in [-0.2, 0) is 0 Å². The number of nitrogens with one attached hydrogen (secondary N) is 1. The van der Waals surface area contributed by atoms with Crippen molar-refractivity contribution in [3.05, 3.63) is 54.3 Å². The third-order valence-corrected chi connectivity index (χ3v) is 3.26. The summed E-state index contributed by atoms with van der Waals surface area (Å²) in [6, 6.07) is 14.4. The van der Waals surface area contributed by atoms with E-state index in [2.05, 4.69) is 5.32 Å². The molecule has 112 valence electrons. The Morgan fingerprint density at radius 2 is 1.91 bits per heavy atom. The van der Waals surface area contributed by atoms with Gasteiger partial charge in [0.2, 0.25) is 5.76 Å². The van der Waals surface area contributed by atoms with Crippen LogP contribution in [0.4, 0.5) is 11.4 Å². The van der Waals surface area contributed by atoms with Gasteiger partial charge in [-0.3, -0.25) is 4.79 Å². The van der Waals surface area contributed by atoms with Crippen LogP contribution >= 0.6 is 0 Å². The molecule has 0 saturated heterocycles. The van der Waals surface area contributed by atoms with Gasteiger partial charge in [0.25, 0.3) is 5.91 Å². The molecule has 22 heavy (non-hydrogen) atoms.